The summed E-state index contributed by atoms with van der Waals surface area (Å²) in [6, 6.07) is 10.9. The standard InChI is InChI=1S/C32H43ClN6O6SSi/c1-9-37(10-2)31(40)24-20-23(33)21-34-25(24)19-22(3)46(41,42)38(16-18-47(6,7)8)32-36-35-30(28-15-12-17-45-28)39(32)29-26(43-4)13-11-14-27(29)44-5/h11-15,17,20-22H,9-10,16,18-19H2,1-8H3/t22-/m1/s1. The molecule has 0 aliphatic carbocycles. The van der Waals surface area contributed by atoms with Gasteiger partial charge in [0.2, 0.25) is 21.8 Å². The topological polar surface area (TPSA) is 133 Å². The molecule has 1 atom stereocenters. The lowest BCUT2D eigenvalue weighted by Gasteiger charge is -2.30. The molecule has 12 nitrogen and oxygen atoms in total. The Balaban J connectivity index is 1.90. The Hall–Kier alpha value is -3.88. The number of methoxy groups -OCH3 is 2. The van der Waals surface area contributed by atoms with Gasteiger partial charge in [-0.25, -0.2) is 12.7 Å². The van der Waals surface area contributed by atoms with Crippen LogP contribution in [0.5, 0.6) is 11.5 Å². The number of amides is 1. The number of anilines is 1. The fourth-order valence-corrected chi connectivity index (χ4v) is 7.84. The van der Waals surface area contributed by atoms with Crippen LogP contribution in [-0.2, 0) is 16.4 Å². The summed E-state index contributed by atoms with van der Waals surface area (Å²) < 4.78 is 49.6. The maximum absolute atomic E-state index is 14.8. The molecule has 1 amide bonds. The van der Waals surface area contributed by atoms with Gasteiger partial charge in [0.25, 0.3) is 5.91 Å². The normalized spacial score (nSPS) is 12.5. The maximum Gasteiger partial charge on any atom is 0.255 e. The van der Waals surface area contributed by atoms with Crippen molar-refractivity contribution in [3.63, 3.8) is 0 Å². The number of aromatic nitrogens is 4. The Kier molecular flexibility index (Phi) is 11.4. The van der Waals surface area contributed by atoms with Crippen LogP contribution in [0.2, 0.25) is 30.7 Å². The quantitative estimate of drug-likeness (QED) is 0.133. The number of hydrogen-bond donors (Lipinski definition) is 0. The minimum absolute atomic E-state index is 0.0392. The molecule has 0 aliphatic heterocycles. The highest BCUT2D eigenvalue weighted by Crippen LogP contribution is 2.39. The van der Waals surface area contributed by atoms with Crippen molar-refractivity contribution >= 4 is 41.6 Å². The number of hydrogen-bond acceptors (Lipinski definition) is 9. The summed E-state index contributed by atoms with van der Waals surface area (Å²) in [6.45, 7) is 13.0. The van der Waals surface area contributed by atoms with E-state index in [0.29, 0.717) is 52.8 Å². The predicted molar refractivity (Wildman–Crippen MR) is 186 cm³/mol. The molecule has 0 radical (unpaired) electrons. The van der Waals surface area contributed by atoms with Gasteiger partial charge in [-0.15, -0.1) is 10.2 Å². The van der Waals surface area contributed by atoms with Gasteiger partial charge < -0.3 is 18.8 Å². The van der Waals surface area contributed by atoms with Crippen molar-refractivity contribution in [3.05, 3.63) is 65.1 Å². The fraction of sp³-hybridized carbons (Fsp3) is 0.438. The van der Waals surface area contributed by atoms with Gasteiger partial charge in [0, 0.05) is 40.3 Å². The van der Waals surface area contributed by atoms with Crippen molar-refractivity contribution in [1.82, 2.24) is 24.6 Å². The predicted octanol–water partition coefficient (Wildman–Crippen LogP) is 6.18. The molecule has 0 saturated carbocycles. The summed E-state index contributed by atoms with van der Waals surface area (Å²) in [5.74, 6) is 1.26. The summed E-state index contributed by atoms with van der Waals surface area (Å²) >= 11 is 6.26. The zero-order chi connectivity index (χ0) is 34.5. The Morgan fingerprint density at radius 2 is 1.72 bits per heavy atom. The minimum Gasteiger partial charge on any atom is -0.494 e. The molecular formula is C32H43ClN6O6SSi. The van der Waals surface area contributed by atoms with E-state index in [9.17, 15) is 13.2 Å². The number of carbonyl (C=O) groups is 1. The van der Waals surface area contributed by atoms with Gasteiger partial charge in [0.05, 0.1) is 42.0 Å². The van der Waals surface area contributed by atoms with Crippen LogP contribution in [0, 0.1) is 0 Å². The molecule has 0 bridgehead atoms. The lowest BCUT2D eigenvalue weighted by atomic mass is 10.1. The number of ether oxygens (including phenoxy) is 2. The van der Waals surface area contributed by atoms with E-state index in [1.807, 2.05) is 13.8 Å². The van der Waals surface area contributed by atoms with E-state index in [2.05, 4.69) is 34.8 Å². The van der Waals surface area contributed by atoms with Gasteiger partial charge in [-0.2, -0.15) is 0 Å². The van der Waals surface area contributed by atoms with Crippen LogP contribution in [0.1, 0.15) is 36.8 Å². The first-order valence-corrected chi connectivity index (χ1v) is 21.0. The Labute approximate surface area is 282 Å². The number of pyridine rings is 1. The summed E-state index contributed by atoms with van der Waals surface area (Å²) in [6.07, 6.45) is 2.90. The van der Waals surface area contributed by atoms with Crippen LogP contribution in [-0.4, -0.2) is 86.2 Å². The van der Waals surface area contributed by atoms with Crippen LogP contribution in [0.25, 0.3) is 17.3 Å². The number of rotatable bonds is 15. The molecule has 0 aliphatic rings. The molecule has 0 saturated heterocycles. The second-order valence-corrected chi connectivity index (χ2v) is 20.5. The van der Waals surface area contributed by atoms with Crippen LogP contribution in [0.3, 0.4) is 0 Å². The summed E-state index contributed by atoms with van der Waals surface area (Å²) in [7, 11) is -2.90. The molecule has 0 N–H and O–H groups in total. The summed E-state index contributed by atoms with van der Waals surface area (Å²) in [5.41, 5.74) is 1.03. The van der Waals surface area contributed by atoms with Crippen molar-refractivity contribution in [1.29, 1.82) is 0 Å². The Morgan fingerprint density at radius 3 is 2.28 bits per heavy atom. The second kappa shape index (κ2) is 14.9. The molecule has 47 heavy (non-hydrogen) atoms. The van der Waals surface area contributed by atoms with Crippen LogP contribution < -0.4 is 13.8 Å². The van der Waals surface area contributed by atoms with Gasteiger partial charge in [0.15, 0.2) is 5.76 Å². The minimum atomic E-state index is -4.16. The number of halogens is 1. The molecule has 0 spiro atoms. The van der Waals surface area contributed by atoms with Crippen molar-refractivity contribution in [2.45, 2.75) is 58.1 Å². The molecule has 1 aromatic carbocycles. The first kappa shape index (κ1) is 36.0. The third-order valence-electron chi connectivity index (χ3n) is 7.82. The van der Waals surface area contributed by atoms with Gasteiger partial charge in [-0.05, 0) is 57.1 Å². The van der Waals surface area contributed by atoms with E-state index in [0.717, 1.165) is 0 Å². The SMILES string of the molecule is CCN(CC)C(=O)c1cc(Cl)cnc1C[C@@H](C)S(=O)(=O)N(CC[Si](C)(C)C)c1nnc(-c2ccco2)n1-c1c(OC)cccc1OC. The highest BCUT2D eigenvalue weighted by Gasteiger charge is 2.37. The van der Waals surface area contributed by atoms with E-state index in [1.54, 1.807) is 52.8 Å². The zero-order valence-corrected chi connectivity index (χ0v) is 30.7. The van der Waals surface area contributed by atoms with Crippen molar-refractivity contribution in [2.24, 2.45) is 0 Å². The third kappa shape index (κ3) is 7.82. The van der Waals surface area contributed by atoms with Gasteiger partial charge in [-0.1, -0.05) is 37.3 Å². The highest BCUT2D eigenvalue weighted by atomic mass is 35.5. The lowest BCUT2D eigenvalue weighted by Crippen LogP contribution is -2.43. The van der Waals surface area contributed by atoms with Crippen molar-refractivity contribution in [2.75, 3.05) is 38.2 Å². The molecule has 0 unspecified atom stereocenters. The van der Waals surface area contributed by atoms with E-state index >= 15 is 0 Å². The average molecular weight is 703 g/mol. The molecule has 0 fully saturated rings. The average Bonchev–Trinajstić information content (AvgIpc) is 3.72. The van der Waals surface area contributed by atoms with Gasteiger partial charge in [0.1, 0.15) is 17.2 Å². The zero-order valence-electron chi connectivity index (χ0n) is 28.2. The van der Waals surface area contributed by atoms with E-state index in [1.165, 1.54) is 31.0 Å². The van der Waals surface area contributed by atoms with E-state index in [4.69, 9.17) is 25.5 Å². The molecule has 3 aromatic heterocycles. The van der Waals surface area contributed by atoms with E-state index in [-0.39, 0.29) is 36.2 Å². The van der Waals surface area contributed by atoms with Crippen molar-refractivity contribution < 1.29 is 27.1 Å². The molecule has 15 heteroatoms. The van der Waals surface area contributed by atoms with Crippen LogP contribution in [0.4, 0.5) is 5.95 Å². The smallest absolute Gasteiger partial charge is 0.255 e. The summed E-state index contributed by atoms with van der Waals surface area (Å²) in [4.78, 5) is 19.5. The summed E-state index contributed by atoms with van der Waals surface area (Å²) in [5, 5.41) is 8.17. The Morgan fingerprint density at radius 1 is 1.06 bits per heavy atom. The lowest BCUT2D eigenvalue weighted by molar-refractivity contribution is 0.0771. The monoisotopic (exact) mass is 702 g/mol. The second-order valence-electron chi connectivity index (χ2n) is 12.2. The molecule has 254 valence electrons. The van der Waals surface area contributed by atoms with E-state index < -0.39 is 23.3 Å². The first-order chi connectivity index (χ1) is 22.3. The number of nitrogens with zero attached hydrogens (tertiary/aromatic N) is 6. The maximum atomic E-state index is 14.8. The first-order valence-electron chi connectivity index (χ1n) is 15.4. The Bertz CT molecular complexity index is 1770. The van der Waals surface area contributed by atoms with Crippen LogP contribution >= 0.6 is 11.6 Å². The number of benzene rings is 1. The number of furan rings is 1. The molecule has 4 rings (SSSR count). The number of para-hydroxylation sites is 1. The van der Waals surface area contributed by atoms with Gasteiger partial charge in [-0.3, -0.25) is 14.3 Å². The largest absolute Gasteiger partial charge is 0.494 e. The molecule has 3 heterocycles. The highest BCUT2D eigenvalue weighted by molar-refractivity contribution is 7.93. The van der Waals surface area contributed by atoms with Crippen LogP contribution in [0.15, 0.2) is 53.3 Å². The molecule has 4 aromatic rings. The molecular weight excluding hydrogens is 660 g/mol. The number of carbonyl (C=O) groups excluding carboxylic acids is 1. The third-order valence-corrected chi connectivity index (χ3v) is 11.9. The van der Waals surface area contributed by atoms with Crippen molar-refractivity contribution in [3.8, 4) is 28.8 Å². The number of sulfonamides is 1. The fourth-order valence-electron chi connectivity index (χ4n) is 5.13. The van der Waals surface area contributed by atoms with Gasteiger partial charge >= 0.3 is 0 Å².